The highest BCUT2D eigenvalue weighted by Gasteiger charge is 2.65. The van der Waals surface area contributed by atoms with Crippen LogP contribution in [0.5, 0.6) is 11.5 Å². The van der Waals surface area contributed by atoms with Crippen LogP contribution in [0.1, 0.15) is 23.5 Å². The third kappa shape index (κ3) is 2.16. The second-order valence-electron chi connectivity index (χ2n) is 5.97. The minimum Gasteiger partial charge on any atom is -0.493 e. The molecular formula is C19H17NO4. The number of carbonyl (C=O) groups is 1. The zero-order valence-corrected chi connectivity index (χ0v) is 13.5. The molecule has 0 aromatic heterocycles. The van der Waals surface area contributed by atoms with Gasteiger partial charge in [0.25, 0.3) is 0 Å². The number of carbonyl (C=O) groups excluding carboxylic acids is 1. The minimum absolute atomic E-state index is 0.00557. The Bertz CT molecular complexity index is 831. The molecule has 2 atom stereocenters. The molecule has 0 amide bonds. The first kappa shape index (κ1) is 14.8. The molecule has 0 saturated heterocycles. The van der Waals surface area contributed by atoms with Gasteiger partial charge in [-0.2, -0.15) is 0 Å². The van der Waals surface area contributed by atoms with Crippen molar-refractivity contribution < 1.29 is 19.0 Å². The first-order valence-corrected chi connectivity index (χ1v) is 7.77. The number of cyclic esters (lactones) is 1. The van der Waals surface area contributed by atoms with Crippen molar-refractivity contribution >= 4 is 11.9 Å². The van der Waals surface area contributed by atoms with Gasteiger partial charge in [-0.05, 0) is 36.2 Å². The summed E-state index contributed by atoms with van der Waals surface area (Å²) in [4.78, 5) is 17.0. The summed E-state index contributed by atoms with van der Waals surface area (Å²) < 4.78 is 16.0. The summed E-state index contributed by atoms with van der Waals surface area (Å²) in [5.41, 5.74) is 1.04. The maximum atomic E-state index is 12.4. The minimum atomic E-state index is -0.787. The van der Waals surface area contributed by atoms with Gasteiger partial charge in [-0.15, -0.1) is 0 Å². The van der Waals surface area contributed by atoms with Crippen LogP contribution in [0.25, 0.3) is 0 Å². The lowest BCUT2D eigenvalue weighted by Gasteiger charge is -2.10. The Balaban J connectivity index is 1.65. The predicted molar refractivity (Wildman–Crippen MR) is 88.7 cm³/mol. The molecule has 0 radical (unpaired) electrons. The number of nitrogens with zero attached hydrogens (tertiary/aromatic N) is 1. The molecular weight excluding hydrogens is 306 g/mol. The number of benzene rings is 2. The third-order valence-corrected chi connectivity index (χ3v) is 4.61. The van der Waals surface area contributed by atoms with Gasteiger partial charge in [-0.3, -0.25) is 0 Å². The van der Waals surface area contributed by atoms with Crippen molar-refractivity contribution in [3.05, 3.63) is 59.7 Å². The van der Waals surface area contributed by atoms with Gasteiger partial charge in [0.2, 0.25) is 5.90 Å². The summed E-state index contributed by atoms with van der Waals surface area (Å²) in [6.07, 6.45) is 0.650. The Labute approximate surface area is 139 Å². The van der Waals surface area contributed by atoms with E-state index in [1.165, 1.54) is 0 Å². The molecule has 24 heavy (non-hydrogen) atoms. The fourth-order valence-electron chi connectivity index (χ4n) is 3.19. The summed E-state index contributed by atoms with van der Waals surface area (Å²) >= 11 is 0. The lowest BCUT2D eigenvalue weighted by Crippen LogP contribution is -2.18. The van der Waals surface area contributed by atoms with E-state index in [4.69, 9.17) is 14.2 Å². The molecule has 1 saturated carbocycles. The average Bonchev–Trinajstić information content (AvgIpc) is 3.27. The molecule has 1 aliphatic carbocycles. The van der Waals surface area contributed by atoms with Crippen molar-refractivity contribution in [3.63, 3.8) is 0 Å². The van der Waals surface area contributed by atoms with Crippen molar-refractivity contribution in [2.45, 2.75) is 17.9 Å². The van der Waals surface area contributed by atoms with E-state index in [1.807, 2.05) is 48.5 Å². The van der Waals surface area contributed by atoms with Crippen molar-refractivity contribution in [3.8, 4) is 11.5 Å². The van der Waals surface area contributed by atoms with Crippen LogP contribution in [0.3, 0.4) is 0 Å². The standard InChI is InChI=1S/C19H17NO4/c1-22-15-9-8-13(10-16(15)23-2)14-11-19(14)18(21)24-17(20-19)12-6-4-3-5-7-12/h3-10,14H,11H2,1-2H3/t14-,19-/m1/s1. The number of rotatable bonds is 4. The largest absolute Gasteiger partial charge is 0.493 e. The van der Waals surface area contributed by atoms with Crippen LogP contribution in [0, 0.1) is 0 Å². The van der Waals surface area contributed by atoms with Crippen LogP contribution in [0.15, 0.2) is 53.5 Å². The van der Waals surface area contributed by atoms with E-state index in [-0.39, 0.29) is 11.9 Å². The lowest BCUT2D eigenvalue weighted by atomic mass is 10.1. The maximum absolute atomic E-state index is 12.4. The van der Waals surface area contributed by atoms with Gasteiger partial charge in [0, 0.05) is 11.5 Å². The van der Waals surface area contributed by atoms with Gasteiger partial charge in [-0.25, -0.2) is 9.79 Å². The van der Waals surface area contributed by atoms with Crippen LogP contribution in [0.4, 0.5) is 0 Å². The smallest absolute Gasteiger partial charge is 0.341 e. The van der Waals surface area contributed by atoms with Gasteiger partial charge in [0.05, 0.1) is 14.2 Å². The summed E-state index contributed by atoms with van der Waals surface area (Å²) in [5, 5.41) is 0. The van der Waals surface area contributed by atoms with E-state index < -0.39 is 5.54 Å². The Kier molecular flexibility index (Phi) is 3.30. The molecule has 1 aliphatic heterocycles. The predicted octanol–water partition coefficient (Wildman–Crippen LogP) is 2.93. The van der Waals surface area contributed by atoms with Crippen LogP contribution in [0.2, 0.25) is 0 Å². The molecule has 0 N–H and O–H groups in total. The van der Waals surface area contributed by atoms with Gasteiger partial charge in [0.1, 0.15) is 0 Å². The zero-order chi connectivity index (χ0) is 16.7. The second kappa shape index (κ2) is 5.37. The average molecular weight is 323 g/mol. The number of methoxy groups -OCH3 is 2. The van der Waals surface area contributed by atoms with Crippen molar-refractivity contribution in [2.24, 2.45) is 4.99 Å². The Morgan fingerprint density at radius 3 is 2.54 bits per heavy atom. The van der Waals surface area contributed by atoms with Gasteiger partial charge >= 0.3 is 5.97 Å². The van der Waals surface area contributed by atoms with Crippen LogP contribution in [-0.2, 0) is 9.53 Å². The molecule has 2 aromatic rings. The van der Waals surface area contributed by atoms with Gasteiger partial charge < -0.3 is 14.2 Å². The second-order valence-corrected chi connectivity index (χ2v) is 5.97. The van der Waals surface area contributed by atoms with Crippen molar-refractivity contribution in [2.75, 3.05) is 14.2 Å². The summed E-state index contributed by atoms with van der Waals surface area (Å²) in [5.74, 6) is 1.45. The quantitative estimate of drug-likeness (QED) is 0.812. The molecule has 4 rings (SSSR count). The number of hydrogen-bond acceptors (Lipinski definition) is 5. The van der Waals surface area contributed by atoms with Crippen molar-refractivity contribution in [1.29, 1.82) is 0 Å². The highest BCUT2D eigenvalue weighted by atomic mass is 16.6. The summed E-state index contributed by atoms with van der Waals surface area (Å²) in [6, 6.07) is 15.2. The fourth-order valence-corrected chi connectivity index (χ4v) is 3.19. The molecule has 1 spiro atoms. The monoisotopic (exact) mass is 323 g/mol. The van der Waals surface area contributed by atoms with Crippen LogP contribution >= 0.6 is 0 Å². The highest BCUT2D eigenvalue weighted by Crippen LogP contribution is 2.58. The van der Waals surface area contributed by atoms with E-state index in [9.17, 15) is 4.79 Å². The molecule has 1 fully saturated rings. The summed E-state index contributed by atoms with van der Waals surface area (Å²) in [6.45, 7) is 0. The van der Waals surface area contributed by atoms with Gasteiger partial charge in [0.15, 0.2) is 17.0 Å². The summed E-state index contributed by atoms with van der Waals surface area (Å²) in [7, 11) is 3.20. The number of esters is 1. The third-order valence-electron chi connectivity index (χ3n) is 4.61. The first-order valence-electron chi connectivity index (χ1n) is 7.77. The number of ether oxygens (including phenoxy) is 3. The molecule has 2 aromatic carbocycles. The molecule has 5 heteroatoms. The molecule has 0 bridgehead atoms. The Hall–Kier alpha value is -2.82. The van der Waals surface area contributed by atoms with Gasteiger partial charge in [-0.1, -0.05) is 24.3 Å². The number of aliphatic imine (C=N–C) groups is 1. The van der Waals surface area contributed by atoms with E-state index >= 15 is 0 Å². The normalized spacial score (nSPS) is 24.5. The number of hydrogen-bond donors (Lipinski definition) is 0. The molecule has 122 valence electrons. The fraction of sp³-hybridized carbons (Fsp3) is 0.263. The van der Waals surface area contributed by atoms with Crippen LogP contribution in [-0.4, -0.2) is 31.6 Å². The van der Waals surface area contributed by atoms with Crippen molar-refractivity contribution in [1.82, 2.24) is 0 Å². The Morgan fingerprint density at radius 1 is 1.08 bits per heavy atom. The molecule has 1 heterocycles. The molecule has 0 unspecified atom stereocenters. The highest BCUT2D eigenvalue weighted by molar-refractivity contribution is 6.10. The van der Waals surface area contributed by atoms with Crippen LogP contribution < -0.4 is 9.47 Å². The maximum Gasteiger partial charge on any atom is 0.341 e. The Morgan fingerprint density at radius 2 is 1.83 bits per heavy atom. The molecule has 2 aliphatic rings. The zero-order valence-electron chi connectivity index (χ0n) is 13.5. The SMILES string of the molecule is COc1ccc([C@H]2C[C@@]23N=C(c2ccccc2)OC3=O)cc1OC. The van der Waals surface area contributed by atoms with E-state index in [0.717, 1.165) is 11.1 Å². The lowest BCUT2D eigenvalue weighted by molar-refractivity contribution is -0.136. The van der Waals surface area contributed by atoms with E-state index in [1.54, 1.807) is 14.2 Å². The molecule has 5 nitrogen and oxygen atoms in total. The van der Waals surface area contributed by atoms with E-state index in [2.05, 4.69) is 4.99 Å². The topological polar surface area (TPSA) is 57.1 Å². The van der Waals surface area contributed by atoms with E-state index in [0.29, 0.717) is 23.8 Å². The first-order chi connectivity index (χ1) is 11.7.